The van der Waals surface area contributed by atoms with Crippen LogP contribution < -0.4 is 9.47 Å². The second-order valence-corrected chi connectivity index (χ2v) is 6.71. The average molecular weight is 427 g/mol. The molecule has 0 fully saturated rings. The Balaban J connectivity index is 0.00000171. The molecule has 0 amide bonds. The Morgan fingerprint density at radius 3 is 1.29 bits per heavy atom. The van der Waals surface area contributed by atoms with Crippen molar-refractivity contribution in [3.63, 3.8) is 0 Å². The van der Waals surface area contributed by atoms with E-state index in [0.717, 1.165) is 0 Å². The zero-order valence-corrected chi connectivity index (χ0v) is 18.4. The van der Waals surface area contributed by atoms with E-state index >= 15 is 0 Å². The van der Waals surface area contributed by atoms with Crippen molar-refractivity contribution in [2.45, 2.75) is 37.5 Å². The zero-order valence-electron chi connectivity index (χ0n) is 16.8. The molecule has 0 radical (unpaired) electrons. The van der Waals surface area contributed by atoms with Gasteiger partial charge in [-0.15, -0.1) is 0 Å². The van der Waals surface area contributed by atoms with Crippen LogP contribution in [0.1, 0.15) is 48.4 Å². The lowest BCUT2D eigenvalue weighted by atomic mass is 10.2. The van der Waals surface area contributed by atoms with E-state index < -0.39 is 11.9 Å². The van der Waals surface area contributed by atoms with Crippen LogP contribution in [0.2, 0.25) is 0 Å². The van der Waals surface area contributed by atoms with Crippen molar-refractivity contribution in [2.75, 3.05) is 14.2 Å². The lowest BCUT2D eigenvalue weighted by molar-refractivity contribution is 0.0682. The predicted molar refractivity (Wildman–Crippen MR) is 114 cm³/mol. The molecule has 28 heavy (non-hydrogen) atoms. The molecule has 0 unspecified atom stereocenters. The minimum Gasteiger partial charge on any atom is -0.497 e. The van der Waals surface area contributed by atoms with Gasteiger partial charge < -0.3 is 19.7 Å². The second kappa shape index (κ2) is 13.8. The van der Waals surface area contributed by atoms with Gasteiger partial charge in [0.2, 0.25) is 0 Å². The molecule has 2 rings (SSSR count). The van der Waals surface area contributed by atoms with Crippen LogP contribution in [0.5, 0.6) is 11.5 Å². The summed E-state index contributed by atoms with van der Waals surface area (Å²) in [4.78, 5) is 23.7. The first-order chi connectivity index (χ1) is 13.5. The van der Waals surface area contributed by atoms with Gasteiger partial charge in [-0.1, -0.05) is 49.3 Å². The molecule has 0 saturated carbocycles. The molecule has 0 aliphatic heterocycles. The van der Waals surface area contributed by atoms with Crippen molar-refractivity contribution in [3.05, 3.63) is 47.5 Å². The summed E-state index contributed by atoms with van der Waals surface area (Å²) in [5.74, 6) is -1.27. The fourth-order valence-corrected chi connectivity index (χ4v) is 4.15. The first-order valence-electron chi connectivity index (χ1n) is 8.63. The Morgan fingerprint density at radius 2 is 1.04 bits per heavy atom. The second-order valence-electron chi connectivity index (χ2n) is 4.50. The van der Waals surface area contributed by atoms with Gasteiger partial charge in [0, 0.05) is 9.79 Å². The van der Waals surface area contributed by atoms with Gasteiger partial charge in [0.1, 0.15) is 11.5 Å². The summed E-state index contributed by atoms with van der Waals surface area (Å²) in [6.07, 6.45) is 0. The number of carboxylic acid groups (broad SMARTS) is 2. The standard InChI is InChI=1S/C16H14O6S2.2C2H6/c1-21-9-3-5-13(11(7-9)15(17)18)23-24-14-6-4-10(22-2)8-12(14)16(19)20;2*1-2/h3-8H,1-2H3,(H,17,18)(H,19,20);2*1-2H3. The number of hydrogen-bond donors (Lipinski definition) is 2. The summed E-state index contributed by atoms with van der Waals surface area (Å²) in [5.41, 5.74) is 0.189. The first-order valence-corrected chi connectivity index (χ1v) is 10.8. The highest BCUT2D eigenvalue weighted by Crippen LogP contribution is 2.42. The third kappa shape index (κ3) is 7.36. The molecule has 0 spiro atoms. The highest BCUT2D eigenvalue weighted by atomic mass is 33.1. The highest BCUT2D eigenvalue weighted by Gasteiger charge is 2.16. The van der Waals surface area contributed by atoms with E-state index in [4.69, 9.17) is 9.47 Å². The number of carbonyl (C=O) groups is 2. The highest BCUT2D eigenvalue weighted by molar-refractivity contribution is 8.76. The van der Waals surface area contributed by atoms with E-state index in [-0.39, 0.29) is 11.1 Å². The molecule has 0 bridgehead atoms. The first kappa shape index (κ1) is 25.7. The molecule has 2 aromatic rings. The van der Waals surface area contributed by atoms with E-state index in [9.17, 15) is 19.8 Å². The van der Waals surface area contributed by atoms with Crippen molar-refractivity contribution in [2.24, 2.45) is 0 Å². The number of aromatic carboxylic acids is 2. The molecular weight excluding hydrogens is 400 g/mol. The van der Waals surface area contributed by atoms with Gasteiger partial charge >= 0.3 is 11.9 Å². The smallest absolute Gasteiger partial charge is 0.336 e. The van der Waals surface area contributed by atoms with Gasteiger partial charge in [-0.25, -0.2) is 9.59 Å². The van der Waals surface area contributed by atoms with Crippen LogP contribution in [0.25, 0.3) is 0 Å². The van der Waals surface area contributed by atoms with Crippen LogP contribution in [0.4, 0.5) is 0 Å². The van der Waals surface area contributed by atoms with E-state index in [2.05, 4.69) is 0 Å². The van der Waals surface area contributed by atoms with Gasteiger partial charge in [0.05, 0.1) is 25.3 Å². The quantitative estimate of drug-likeness (QED) is 0.525. The lowest BCUT2D eigenvalue weighted by Crippen LogP contribution is -2.00. The Bertz CT molecular complexity index is 712. The Labute approximate surface area is 173 Å². The molecule has 2 aromatic carbocycles. The van der Waals surface area contributed by atoms with Crippen molar-refractivity contribution < 1.29 is 29.3 Å². The van der Waals surface area contributed by atoms with Gasteiger partial charge in [-0.05, 0) is 36.4 Å². The summed E-state index contributed by atoms with van der Waals surface area (Å²) in [5, 5.41) is 18.6. The van der Waals surface area contributed by atoms with Crippen molar-refractivity contribution >= 4 is 33.5 Å². The Hall–Kier alpha value is -2.32. The van der Waals surface area contributed by atoms with Crippen LogP contribution in [0.3, 0.4) is 0 Å². The van der Waals surface area contributed by atoms with Gasteiger partial charge in [0.25, 0.3) is 0 Å². The van der Waals surface area contributed by atoms with Crippen molar-refractivity contribution in [1.29, 1.82) is 0 Å². The molecule has 6 nitrogen and oxygen atoms in total. The zero-order chi connectivity index (χ0) is 21.7. The van der Waals surface area contributed by atoms with E-state index in [1.165, 1.54) is 47.9 Å². The monoisotopic (exact) mass is 426 g/mol. The molecular formula is C20H26O6S2. The number of carboxylic acids is 2. The number of benzene rings is 2. The van der Waals surface area contributed by atoms with Gasteiger partial charge in [0.15, 0.2) is 0 Å². The molecule has 2 N–H and O–H groups in total. The van der Waals surface area contributed by atoms with Crippen LogP contribution in [-0.2, 0) is 0 Å². The third-order valence-corrected chi connectivity index (χ3v) is 5.54. The molecule has 8 heteroatoms. The van der Waals surface area contributed by atoms with Crippen LogP contribution in [0, 0.1) is 0 Å². The molecule has 0 atom stereocenters. The SMILES string of the molecule is CC.CC.COc1ccc(SSc2ccc(OC)cc2C(=O)O)c(C(=O)O)c1. The largest absolute Gasteiger partial charge is 0.497 e. The molecule has 0 aromatic heterocycles. The number of rotatable bonds is 7. The maximum absolute atomic E-state index is 11.4. The van der Waals surface area contributed by atoms with Crippen LogP contribution in [-0.4, -0.2) is 36.4 Å². The van der Waals surface area contributed by atoms with Crippen molar-refractivity contribution in [1.82, 2.24) is 0 Å². The molecule has 0 heterocycles. The summed E-state index contributed by atoms with van der Waals surface area (Å²) in [7, 11) is 5.25. The minimum atomic E-state index is -1.08. The molecule has 0 aliphatic rings. The maximum Gasteiger partial charge on any atom is 0.336 e. The number of hydrogen-bond acceptors (Lipinski definition) is 6. The van der Waals surface area contributed by atoms with Crippen molar-refractivity contribution in [3.8, 4) is 11.5 Å². The van der Waals surface area contributed by atoms with Crippen LogP contribution >= 0.6 is 21.6 Å². The van der Waals surface area contributed by atoms with E-state index in [1.54, 1.807) is 24.3 Å². The lowest BCUT2D eigenvalue weighted by Gasteiger charge is -2.10. The van der Waals surface area contributed by atoms with E-state index in [1.807, 2.05) is 27.7 Å². The summed E-state index contributed by atoms with van der Waals surface area (Å²) in [6.45, 7) is 8.00. The summed E-state index contributed by atoms with van der Waals surface area (Å²) in [6, 6.07) is 9.42. The number of ether oxygens (including phenoxy) is 2. The van der Waals surface area contributed by atoms with Crippen LogP contribution in [0.15, 0.2) is 46.2 Å². The molecule has 0 saturated heterocycles. The summed E-state index contributed by atoms with van der Waals surface area (Å²) >= 11 is 0. The predicted octanol–water partition coefficient (Wildman–Crippen LogP) is 5.95. The average Bonchev–Trinajstić information content (AvgIpc) is 2.74. The topological polar surface area (TPSA) is 93.1 Å². The normalized spacial score (nSPS) is 9.21. The maximum atomic E-state index is 11.4. The Kier molecular flexibility index (Phi) is 12.6. The van der Waals surface area contributed by atoms with Gasteiger partial charge in [-0.3, -0.25) is 0 Å². The fourth-order valence-electron chi connectivity index (χ4n) is 1.84. The fraction of sp³-hybridized carbons (Fsp3) is 0.300. The molecule has 154 valence electrons. The Morgan fingerprint density at radius 1 is 0.714 bits per heavy atom. The summed E-state index contributed by atoms with van der Waals surface area (Å²) < 4.78 is 10.1. The van der Waals surface area contributed by atoms with E-state index in [0.29, 0.717) is 21.3 Å². The third-order valence-electron chi connectivity index (χ3n) is 3.06. The number of methoxy groups -OCH3 is 2. The van der Waals surface area contributed by atoms with Gasteiger partial charge in [-0.2, -0.15) is 0 Å². The minimum absolute atomic E-state index is 0.0947. The molecule has 0 aliphatic carbocycles.